The number of carboxylic acids is 1. The molecular weight excluding hydrogens is 301 g/mol. The topological polar surface area (TPSA) is 83.5 Å². The molecule has 0 amide bonds. The van der Waals surface area contributed by atoms with Crippen LogP contribution in [-0.2, 0) is 10.0 Å². The average Bonchev–Trinajstić information content (AvgIpc) is 2.18. The molecule has 18 heavy (non-hydrogen) atoms. The summed E-state index contributed by atoms with van der Waals surface area (Å²) >= 11 is 11.5. The number of nitrogens with one attached hydrogen (secondary N) is 1. The van der Waals surface area contributed by atoms with Gasteiger partial charge < -0.3 is 5.11 Å². The molecule has 0 bridgehead atoms. The van der Waals surface area contributed by atoms with Gasteiger partial charge in [0, 0.05) is 11.1 Å². The summed E-state index contributed by atoms with van der Waals surface area (Å²) in [4.78, 5) is 10.6. The second kappa shape index (κ2) is 5.44. The van der Waals surface area contributed by atoms with E-state index in [1.165, 1.54) is 0 Å². The molecule has 0 aliphatic heterocycles. The van der Waals surface area contributed by atoms with Crippen molar-refractivity contribution in [1.29, 1.82) is 0 Å². The fourth-order valence-electron chi connectivity index (χ4n) is 1.29. The van der Waals surface area contributed by atoms with Crippen LogP contribution in [0.4, 0.5) is 0 Å². The maximum atomic E-state index is 11.9. The van der Waals surface area contributed by atoms with Crippen LogP contribution in [-0.4, -0.2) is 25.5 Å². The quantitative estimate of drug-likeness (QED) is 0.894. The average molecular weight is 312 g/mol. The van der Waals surface area contributed by atoms with Crippen molar-refractivity contribution < 1.29 is 18.3 Å². The summed E-state index contributed by atoms with van der Waals surface area (Å²) in [6.07, 6.45) is 0. The van der Waals surface area contributed by atoms with Crippen LogP contribution in [0.2, 0.25) is 10.0 Å². The summed E-state index contributed by atoms with van der Waals surface area (Å²) < 4.78 is 26.2. The number of halogens is 2. The second-order valence-electron chi connectivity index (χ2n) is 3.85. The van der Waals surface area contributed by atoms with Gasteiger partial charge in [-0.3, -0.25) is 0 Å². The first-order valence-electron chi connectivity index (χ1n) is 4.90. The number of aromatic carboxylic acids is 1. The van der Waals surface area contributed by atoms with E-state index in [0.717, 1.165) is 12.1 Å². The lowest BCUT2D eigenvalue weighted by Crippen LogP contribution is -2.30. The molecule has 5 nitrogen and oxygen atoms in total. The van der Waals surface area contributed by atoms with Crippen molar-refractivity contribution in [3.63, 3.8) is 0 Å². The molecular formula is C10H11Cl2NO4S. The maximum absolute atomic E-state index is 11.9. The number of benzene rings is 1. The number of carbonyl (C=O) groups is 1. The zero-order valence-electron chi connectivity index (χ0n) is 9.57. The summed E-state index contributed by atoms with van der Waals surface area (Å²) in [5.41, 5.74) is -0.353. The number of sulfonamides is 1. The summed E-state index contributed by atoms with van der Waals surface area (Å²) in [5.74, 6) is -1.34. The molecule has 2 N–H and O–H groups in total. The largest absolute Gasteiger partial charge is 0.478 e. The van der Waals surface area contributed by atoms with Crippen molar-refractivity contribution in [2.24, 2.45) is 0 Å². The molecule has 0 fully saturated rings. The summed E-state index contributed by atoms with van der Waals surface area (Å²) in [7, 11) is -3.90. The Morgan fingerprint density at radius 3 is 2.33 bits per heavy atom. The molecule has 0 saturated carbocycles. The molecule has 0 heterocycles. The maximum Gasteiger partial charge on any atom is 0.337 e. The lowest BCUT2D eigenvalue weighted by Gasteiger charge is -2.12. The van der Waals surface area contributed by atoms with Crippen molar-refractivity contribution in [3.8, 4) is 0 Å². The summed E-state index contributed by atoms with van der Waals surface area (Å²) in [6, 6.07) is 1.86. The van der Waals surface area contributed by atoms with Gasteiger partial charge in [-0.25, -0.2) is 17.9 Å². The monoisotopic (exact) mass is 311 g/mol. The molecule has 8 heteroatoms. The third-order valence-corrected chi connectivity index (χ3v) is 4.33. The Kier molecular flexibility index (Phi) is 4.61. The number of hydrogen-bond donors (Lipinski definition) is 2. The molecule has 1 aromatic rings. The summed E-state index contributed by atoms with van der Waals surface area (Å²) in [6.45, 7) is 3.27. The van der Waals surface area contributed by atoms with Gasteiger partial charge in [-0.1, -0.05) is 23.2 Å². The molecule has 1 rings (SSSR count). The van der Waals surface area contributed by atoms with Gasteiger partial charge in [-0.2, -0.15) is 0 Å². The molecule has 0 aromatic heterocycles. The van der Waals surface area contributed by atoms with Crippen molar-refractivity contribution in [1.82, 2.24) is 4.72 Å². The van der Waals surface area contributed by atoms with E-state index in [0.29, 0.717) is 0 Å². The zero-order valence-corrected chi connectivity index (χ0v) is 11.9. The first-order valence-corrected chi connectivity index (χ1v) is 7.13. The second-order valence-corrected chi connectivity index (χ2v) is 6.34. The van der Waals surface area contributed by atoms with Gasteiger partial charge in [0.2, 0.25) is 10.0 Å². The Morgan fingerprint density at radius 1 is 1.33 bits per heavy atom. The van der Waals surface area contributed by atoms with Crippen LogP contribution in [0.1, 0.15) is 24.2 Å². The highest BCUT2D eigenvalue weighted by Gasteiger charge is 2.24. The minimum absolute atomic E-state index is 0.0130. The van der Waals surface area contributed by atoms with E-state index in [1.54, 1.807) is 13.8 Å². The van der Waals surface area contributed by atoms with Crippen LogP contribution < -0.4 is 4.72 Å². The van der Waals surface area contributed by atoms with Gasteiger partial charge in [0.1, 0.15) is 4.90 Å². The lowest BCUT2D eigenvalue weighted by molar-refractivity contribution is 0.0697. The fourth-order valence-corrected chi connectivity index (χ4v) is 3.44. The van der Waals surface area contributed by atoms with E-state index in [4.69, 9.17) is 28.3 Å². The van der Waals surface area contributed by atoms with Gasteiger partial charge in [-0.05, 0) is 26.0 Å². The van der Waals surface area contributed by atoms with E-state index in [1.807, 2.05) is 0 Å². The van der Waals surface area contributed by atoms with Crippen LogP contribution in [0.25, 0.3) is 0 Å². The van der Waals surface area contributed by atoms with Gasteiger partial charge in [0.05, 0.1) is 10.6 Å². The van der Waals surface area contributed by atoms with E-state index < -0.39 is 16.0 Å². The van der Waals surface area contributed by atoms with Crippen LogP contribution in [0, 0.1) is 0 Å². The standard InChI is InChI=1S/C10H11Cl2NO4S/c1-5(2)13-18(16,17)8-4-6(11)3-7(9(8)12)10(14)15/h3-5,13H,1-2H3,(H,14,15). The molecule has 100 valence electrons. The Labute approximate surface area is 115 Å². The Balaban J connectivity index is 3.47. The third kappa shape index (κ3) is 3.35. The van der Waals surface area contributed by atoms with E-state index in [-0.39, 0.29) is 26.5 Å². The Morgan fingerprint density at radius 2 is 1.89 bits per heavy atom. The minimum atomic E-state index is -3.90. The van der Waals surface area contributed by atoms with E-state index >= 15 is 0 Å². The first kappa shape index (κ1) is 15.2. The fraction of sp³-hybridized carbons (Fsp3) is 0.300. The Hall–Kier alpha value is -0.820. The number of carboxylic acid groups (broad SMARTS) is 1. The van der Waals surface area contributed by atoms with Crippen molar-refractivity contribution in [2.75, 3.05) is 0 Å². The third-order valence-electron chi connectivity index (χ3n) is 1.91. The minimum Gasteiger partial charge on any atom is -0.478 e. The number of hydrogen-bond acceptors (Lipinski definition) is 3. The van der Waals surface area contributed by atoms with Crippen molar-refractivity contribution in [2.45, 2.75) is 24.8 Å². The van der Waals surface area contributed by atoms with Gasteiger partial charge in [-0.15, -0.1) is 0 Å². The molecule has 0 atom stereocenters. The van der Waals surface area contributed by atoms with Crippen LogP contribution in [0.5, 0.6) is 0 Å². The van der Waals surface area contributed by atoms with E-state index in [9.17, 15) is 13.2 Å². The van der Waals surface area contributed by atoms with Crippen LogP contribution >= 0.6 is 23.2 Å². The zero-order chi connectivity index (χ0) is 14.1. The van der Waals surface area contributed by atoms with E-state index in [2.05, 4.69) is 4.72 Å². The highest BCUT2D eigenvalue weighted by molar-refractivity contribution is 7.89. The highest BCUT2D eigenvalue weighted by atomic mass is 35.5. The normalized spacial score (nSPS) is 11.8. The van der Waals surface area contributed by atoms with Crippen LogP contribution in [0.3, 0.4) is 0 Å². The van der Waals surface area contributed by atoms with Crippen molar-refractivity contribution >= 4 is 39.2 Å². The molecule has 0 saturated heterocycles. The van der Waals surface area contributed by atoms with Gasteiger partial charge in [0.15, 0.2) is 0 Å². The first-order chi connectivity index (χ1) is 8.15. The van der Waals surface area contributed by atoms with Crippen LogP contribution in [0.15, 0.2) is 17.0 Å². The predicted octanol–water partition coefficient (Wildman–Crippen LogP) is 2.38. The molecule has 0 unspecified atom stereocenters. The highest BCUT2D eigenvalue weighted by Crippen LogP contribution is 2.29. The molecule has 0 radical (unpaired) electrons. The SMILES string of the molecule is CC(C)NS(=O)(=O)c1cc(Cl)cc(C(=O)O)c1Cl. The Bertz CT molecular complexity index is 584. The molecule has 1 aromatic carbocycles. The predicted molar refractivity (Wildman–Crippen MR) is 68.9 cm³/mol. The molecule has 0 aliphatic carbocycles. The lowest BCUT2D eigenvalue weighted by atomic mass is 10.2. The number of rotatable bonds is 4. The smallest absolute Gasteiger partial charge is 0.337 e. The molecule has 0 aliphatic rings. The molecule has 0 spiro atoms. The summed E-state index contributed by atoms with van der Waals surface area (Å²) in [5, 5.41) is 8.53. The van der Waals surface area contributed by atoms with Crippen molar-refractivity contribution in [3.05, 3.63) is 27.7 Å². The van der Waals surface area contributed by atoms with Gasteiger partial charge >= 0.3 is 5.97 Å². The van der Waals surface area contributed by atoms with Gasteiger partial charge in [0.25, 0.3) is 0 Å².